The number of aromatic nitrogens is 1. The van der Waals surface area contributed by atoms with E-state index in [1.165, 1.54) is 29.5 Å². The van der Waals surface area contributed by atoms with Crippen molar-refractivity contribution in [3.63, 3.8) is 0 Å². The van der Waals surface area contributed by atoms with Gasteiger partial charge >= 0.3 is 0 Å². The Hall–Kier alpha value is -2.66. The first-order valence-electron chi connectivity index (χ1n) is 11.1. The minimum absolute atomic E-state index is 0.0130. The van der Waals surface area contributed by atoms with E-state index >= 15 is 0 Å². The van der Waals surface area contributed by atoms with Gasteiger partial charge in [-0.1, -0.05) is 12.1 Å². The molecule has 2 aliphatic heterocycles. The first kappa shape index (κ1) is 19.3. The molecule has 1 amide bonds. The summed E-state index contributed by atoms with van der Waals surface area (Å²) in [6.07, 6.45) is 12.0. The van der Waals surface area contributed by atoms with Gasteiger partial charge in [-0.2, -0.15) is 0 Å². The van der Waals surface area contributed by atoms with E-state index in [4.69, 9.17) is 0 Å². The Balaban J connectivity index is 1.48. The van der Waals surface area contributed by atoms with Gasteiger partial charge in [-0.15, -0.1) is 0 Å². The topological polar surface area (TPSA) is 65.5 Å². The van der Waals surface area contributed by atoms with Crippen molar-refractivity contribution >= 4 is 17.2 Å². The lowest BCUT2D eigenvalue weighted by Gasteiger charge is -2.39. The lowest BCUT2D eigenvalue weighted by atomic mass is 9.81. The largest absolute Gasteiger partial charge is 0.394 e. The summed E-state index contributed by atoms with van der Waals surface area (Å²) in [5, 5.41) is 13.5. The molecule has 3 aliphatic rings. The van der Waals surface area contributed by atoms with Crippen LogP contribution in [0.15, 0.2) is 48.8 Å². The maximum atomic E-state index is 13.3. The Morgan fingerprint density at radius 1 is 1.20 bits per heavy atom. The molecular weight excluding hydrogens is 374 g/mol. The van der Waals surface area contributed by atoms with Gasteiger partial charge in [0.1, 0.15) is 0 Å². The summed E-state index contributed by atoms with van der Waals surface area (Å²) in [4.78, 5) is 19.4. The molecule has 156 valence electrons. The second-order valence-electron chi connectivity index (χ2n) is 8.73. The average molecular weight is 404 g/mol. The number of carbonyl (C=O) groups excluding carboxylic acids is 1. The highest BCUT2D eigenvalue weighted by Gasteiger charge is 2.45. The number of pyridine rings is 1. The Kier molecular flexibility index (Phi) is 5.30. The zero-order chi connectivity index (χ0) is 20.5. The Morgan fingerprint density at radius 3 is 2.83 bits per heavy atom. The summed E-state index contributed by atoms with van der Waals surface area (Å²) >= 11 is 0. The molecule has 1 saturated heterocycles. The smallest absolute Gasteiger partial charge is 0.227 e. The van der Waals surface area contributed by atoms with Gasteiger partial charge < -0.3 is 15.3 Å². The number of hydrogen-bond donors (Lipinski definition) is 2. The van der Waals surface area contributed by atoms with Crippen LogP contribution in [0, 0.1) is 5.92 Å². The number of benzene rings is 1. The van der Waals surface area contributed by atoms with E-state index in [9.17, 15) is 9.90 Å². The number of fused-ring (bicyclic) bond motifs is 3. The molecule has 3 atom stereocenters. The standard InChI is InChI=1S/C25H29N3O2/c29-16-23-20-10-13-28(24(30)14-17-8-11-26-12-9-17)25(20)21-15-19(6-7-22(21)27-23)18-4-2-1-3-5-18/h4,6-9,11-12,15,20,23,25,27,29H,1-3,5,10,13-14,16H2/t20-,23-,25-/m1/s1. The maximum absolute atomic E-state index is 13.3. The fraction of sp³-hybridized carbons (Fsp3) is 0.440. The van der Waals surface area contributed by atoms with Crippen LogP contribution in [0.25, 0.3) is 5.57 Å². The van der Waals surface area contributed by atoms with Crippen molar-refractivity contribution in [2.24, 2.45) is 5.92 Å². The minimum Gasteiger partial charge on any atom is -0.394 e. The van der Waals surface area contributed by atoms with Crippen molar-refractivity contribution in [2.45, 2.75) is 50.6 Å². The van der Waals surface area contributed by atoms with Crippen molar-refractivity contribution in [1.29, 1.82) is 0 Å². The number of nitrogens with zero attached hydrogens (tertiary/aromatic N) is 2. The summed E-state index contributed by atoms with van der Waals surface area (Å²) in [6, 6.07) is 10.5. The first-order chi connectivity index (χ1) is 14.7. The molecule has 30 heavy (non-hydrogen) atoms. The van der Waals surface area contributed by atoms with Crippen LogP contribution in [0.3, 0.4) is 0 Å². The number of aliphatic hydroxyl groups excluding tert-OH is 1. The molecule has 2 N–H and O–H groups in total. The van der Waals surface area contributed by atoms with E-state index in [0.717, 1.165) is 37.1 Å². The van der Waals surface area contributed by atoms with Gasteiger partial charge in [0.05, 0.1) is 25.1 Å². The normalized spacial score (nSPS) is 25.2. The lowest BCUT2D eigenvalue weighted by molar-refractivity contribution is -0.131. The van der Waals surface area contributed by atoms with E-state index in [-0.39, 0.29) is 30.5 Å². The summed E-state index contributed by atoms with van der Waals surface area (Å²) < 4.78 is 0. The fourth-order valence-corrected chi connectivity index (χ4v) is 5.42. The first-order valence-corrected chi connectivity index (χ1v) is 11.1. The molecule has 0 unspecified atom stereocenters. The summed E-state index contributed by atoms with van der Waals surface area (Å²) in [5.41, 5.74) is 5.96. The zero-order valence-corrected chi connectivity index (χ0v) is 17.3. The number of likely N-dealkylation sites (tertiary alicyclic amines) is 1. The quantitative estimate of drug-likeness (QED) is 0.811. The van der Waals surface area contributed by atoms with Gasteiger partial charge in [-0.3, -0.25) is 9.78 Å². The number of allylic oxidation sites excluding steroid dienone is 2. The molecular formula is C25H29N3O2. The highest BCUT2D eigenvalue weighted by atomic mass is 16.3. The van der Waals surface area contributed by atoms with E-state index in [0.29, 0.717) is 6.42 Å². The van der Waals surface area contributed by atoms with Crippen LogP contribution in [0.1, 0.15) is 54.8 Å². The molecule has 0 radical (unpaired) electrons. The van der Waals surface area contributed by atoms with Crippen LogP contribution in [-0.4, -0.2) is 40.1 Å². The second-order valence-corrected chi connectivity index (χ2v) is 8.73. The predicted molar refractivity (Wildman–Crippen MR) is 118 cm³/mol. The molecule has 1 aromatic heterocycles. The number of amides is 1. The highest BCUT2D eigenvalue weighted by Crippen LogP contribution is 2.47. The van der Waals surface area contributed by atoms with Crippen molar-refractivity contribution in [1.82, 2.24) is 9.88 Å². The predicted octanol–water partition coefficient (Wildman–Crippen LogP) is 3.96. The molecule has 5 rings (SSSR count). The van der Waals surface area contributed by atoms with Crippen molar-refractivity contribution in [2.75, 3.05) is 18.5 Å². The molecule has 5 nitrogen and oxygen atoms in total. The van der Waals surface area contributed by atoms with E-state index in [1.807, 2.05) is 17.0 Å². The molecule has 3 heterocycles. The van der Waals surface area contributed by atoms with Gasteiger partial charge in [-0.25, -0.2) is 0 Å². The Morgan fingerprint density at radius 2 is 2.07 bits per heavy atom. The summed E-state index contributed by atoms with van der Waals surface area (Å²) in [7, 11) is 0. The van der Waals surface area contributed by atoms with E-state index < -0.39 is 0 Å². The number of hydrogen-bond acceptors (Lipinski definition) is 4. The molecule has 1 fully saturated rings. The number of carbonyl (C=O) groups is 1. The third-order valence-electron chi connectivity index (χ3n) is 6.96. The van der Waals surface area contributed by atoms with Gasteiger partial charge in [-0.05, 0) is 78.6 Å². The number of nitrogens with one attached hydrogen (secondary N) is 1. The third-order valence-corrected chi connectivity index (χ3v) is 6.96. The highest BCUT2D eigenvalue weighted by molar-refractivity contribution is 5.80. The number of anilines is 1. The average Bonchev–Trinajstić information content (AvgIpc) is 3.25. The van der Waals surface area contributed by atoms with Crippen LogP contribution in [0.5, 0.6) is 0 Å². The third kappa shape index (κ3) is 3.52. The monoisotopic (exact) mass is 403 g/mol. The lowest BCUT2D eigenvalue weighted by Crippen LogP contribution is -2.43. The Bertz CT molecular complexity index is 956. The summed E-state index contributed by atoms with van der Waals surface area (Å²) in [5.74, 6) is 0.389. The van der Waals surface area contributed by atoms with Crippen LogP contribution in [0.4, 0.5) is 5.69 Å². The second kappa shape index (κ2) is 8.23. The zero-order valence-electron chi connectivity index (χ0n) is 17.3. The molecule has 1 aliphatic carbocycles. The number of rotatable bonds is 4. The van der Waals surface area contributed by atoms with Crippen LogP contribution >= 0.6 is 0 Å². The molecule has 5 heteroatoms. The van der Waals surface area contributed by atoms with Crippen molar-refractivity contribution < 1.29 is 9.90 Å². The molecule has 0 spiro atoms. The van der Waals surface area contributed by atoms with Crippen LogP contribution in [0.2, 0.25) is 0 Å². The van der Waals surface area contributed by atoms with Crippen LogP contribution in [-0.2, 0) is 11.2 Å². The molecule has 0 bridgehead atoms. The van der Waals surface area contributed by atoms with Crippen LogP contribution < -0.4 is 5.32 Å². The minimum atomic E-state index is -0.0130. The van der Waals surface area contributed by atoms with Gasteiger partial charge in [0, 0.05) is 30.5 Å². The van der Waals surface area contributed by atoms with Gasteiger partial charge in [0.2, 0.25) is 5.91 Å². The van der Waals surface area contributed by atoms with E-state index in [2.05, 4.69) is 34.6 Å². The molecule has 1 aromatic carbocycles. The van der Waals surface area contributed by atoms with E-state index in [1.54, 1.807) is 12.4 Å². The molecule has 0 saturated carbocycles. The fourth-order valence-electron chi connectivity index (χ4n) is 5.42. The van der Waals surface area contributed by atoms with Gasteiger partial charge in [0.15, 0.2) is 0 Å². The molecule has 2 aromatic rings. The Labute approximate surface area is 177 Å². The number of aliphatic hydroxyl groups is 1. The van der Waals surface area contributed by atoms with Gasteiger partial charge in [0.25, 0.3) is 0 Å². The van der Waals surface area contributed by atoms with Crippen molar-refractivity contribution in [3.8, 4) is 0 Å². The summed E-state index contributed by atoms with van der Waals surface area (Å²) in [6.45, 7) is 0.823. The van der Waals surface area contributed by atoms with Crippen molar-refractivity contribution in [3.05, 3.63) is 65.5 Å². The maximum Gasteiger partial charge on any atom is 0.227 e. The SMILES string of the molecule is O=C(Cc1ccncc1)N1CC[C@@H]2[C@@H](CO)Nc3ccc(C4=CCCCC4)cc3[C@@H]21.